The van der Waals surface area contributed by atoms with Gasteiger partial charge in [0.2, 0.25) is 0 Å². The fourth-order valence-electron chi connectivity index (χ4n) is 1.72. The van der Waals surface area contributed by atoms with Crippen LogP contribution < -0.4 is 10.6 Å². The number of hydrogen-bond donors (Lipinski definition) is 3. The van der Waals surface area contributed by atoms with E-state index in [2.05, 4.69) is 32.7 Å². The molecule has 1 aromatic carbocycles. The molecule has 2 aromatic rings. The summed E-state index contributed by atoms with van der Waals surface area (Å²) in [6.07, 6.45) is 0. The van der Waals surface area contributed by atoms with Gasteiger partial charge in [0.05, 0.1) is 6.61 Å². The number of hydrogen-bond acceptors (Lipinski definition) is 5. The SMILES string of the molecule is Cc1nc(NCCO)cc(NCc2ccccc2)n1. The lowest BCUT2D eigenvalue weighted by Gasteiger charge is -2.09. The van der Waals surface area contributed by atoms with Crippen molar-refractivity contribution in [2.45, 2.75) is 13.5 Å². The van der Waals surface area contributed by atoms with E-state index in [1.165, 1.54) is 5.56 Å². The van der Waals surface area contributed by atoms with Crippen LogP contribution in [0, 0.1) is 6.92 Å². The summed E-state index contributed by atoms with van der Waals surface area (Å²) in [5.41, 5.74) is 1.20. The molecule has 100 valence electrons. The summed E-state index contributed by atoms with van der Waals surface area (Å²) in [5, 5.41) is 15.1. The van der Waals surface area contributed by atoms with Crippen molar-refractivity contribution >= 4 is 11.6 Å². The Morgan fingerprint density at radius 2 is 1.74 bits per heavy atom. The van der Waals surface area contributed by atoms with E-state index in [0.717, 1.165) is 18.2 Å². The predicted molar refractivity (Wildman–Crippen MR) is 76.1 cm³/mol. The van der Waals surface area contributed by atoms with Gasteiger partial charge in [-0.1, -0.05) is 30.3 Å². The van der Waals surface area contributed by atoms with Gasteiger partial charge >= 0.3 is 0 Å². The number of aryl methyl sites for hydroxylation is 1. The third-order valence-electron chi connectivity index (χ3n) is 2.57. The molecule has 19 heavy (non-hydrogen) atoms. The molecule has 0 saturated heterocycles. The second kappa shape index (κ2) is 6.70. The molecular formula is C14H18N4O. The van der Waals surface area contributed by atoms with Crippen LogP contribution in [0.1, 0.15) is 11.4 Å². The Bertz CT molecular complexity index is 516. The van der Waals surface area contributed by atoms with Crippen molar-refractivity contribution in [3.63, 3.8) is 0 Å². The zero-order chi connectivity index (χ0) is 13.5. The number of benzene rings is 1. The minimum Gasteiger partial charge on any atom is -0.395 e. The fourth-order valence-corrected chi connectivity index (χ4v) is 1.72. The first-order valence-electron chi connectivity index (χ1n) is 6.26. The molecule has 0 fully saturated rings. The number of nitrogens with one attached hydrogen (secondary N) is 2. The lowest BCUT2D eigenvalue weighted by molar-refractivity contribution is 0.311. The van der Waals surface area contributed by atoms with E-state index in [4.69, 9.17) is 5.11 Å². The van der Waals surface area contributed by atoms with Gasteiger partial charge in [-0.15, -0.1) is 0 Å². The van der Waals surface area contributed by atoms with Gasteiger partial charge in [-0.25, -0.2) is 9.97 Å². The van der Waals surface area contributed by atoms with Crippen LogP contribution in [0.5, 0.6) is 0 Å². The highest BCUT2D eigenvalue weighted by Gasteiger charge is 2.01. The lowest BCUT2D eigenvalue weighted by atomic mass is 10.2. The molecule has 0 aliphatic heterocycles. The molecule has 0 amide bonds. The Hall–Kier alpha value is -2.14. The highest BCUT2D eigenvalue weighted by atomic mass is 16.3. The van der Waals surface area contributed by atoms with E-state index in [1.807, 2.05) is 31.2 Å². The maximum atomic E-state index is 8.80. The Morgan fingerprint density at radius 3 is 2.42 bits per heavy atom. The Labute approximate surface area is 112 Å². The Kier molecular flexibility index (Phi) is 4.69. The lowest BCUT2D eigenvalue weighted by Crippen LogP contribution is -2.09. The molecule has 0 atom stereocenters. The normalized spacial score (nSPS) is 10.2. The first-order valence-corrected chi connectivity index (χ1v) is 6.26. The highest BCUT2D eigenvalue weighted by molar-refractivity contribution is 5.47. The summed E-state index contributed by atoms with van der Waals surface area (Å²) in [4.78, 5) is 8.59. The summed E-state index contributed by atoms with van der Waals surface area (Å²) in [6, 6.07) is 12.0. The largest absolute Gasteiger partial charge is 0.395 e. The molecule has 3 N–H and O–H groups in total. The van der Waals surface area contributed by atoms with E-state index < -0.39 is 0 Å². The minimum absolute atomic E-state index is 0.0792. The minimum atomic E-state index is 0.0792. The van der Waals surface area contributed by atoms with Crippen molar-refractivity contribution in [2.75, 3.05) is 23.8 Å². The molecule has 5 nitrogen and oxygen atoms in total. The molecule has 0 spiro atoms. The zero-order valence-corrected chi connectivity index (χ0v) is 10.9. The van der Waals surface area contributed by atoms with E-state index in [-0.39, 0.29) is 6.61 Å². The number of aromatic nitrogens is 2. The first kappa shape index (κ1) is 13.3. The summed E-state index contributed by atoms with van der Waals surface area (Å²) in [5.74, 6) is 2.19. The van der Waals surface area contributed by atoms with Gasteiger partial charge in [0, 0.05) is 19.2 Å². The van der Waals surface area contributed by atoms with E-state index in [1.54, 1.807) is 0 Å². The molecule has 0 radical (unpaired) electrons. The van der Waals surface area contributed by atoms with Crippen LogP contribution in [0.15, 0.2) is 36.4 Å². The molecule has 1 heterocycles. The third-order valence-corrected chi connectivity index (χ3v) is 2.57. The van der Waals surface area contributed by atoms with Crippen molar-refractivity contribution in [1.29, 1.82) is 0 Å². The molecular weight excluding hydrogens is 240 g/mol. The van der Waals surface area contributed by atoms with Crippen molar-refractivity contribution in [1.82, 2.24) is 9.97 Å². The third kappa shape index (κ3) is 4.22. The average molecular weight is 258 g/mol. The molecule has 0 bridgehead atoms. The molecule has 1 aromatic heterocycles. The standard InChI is InChI=1S/C14H18N4O/c1-11-17-13(15-7-8-19)9-14(18-11)16-10-12-5-3-2-4-6-12/h2-6,9,19H,7-8,10H2,1H3,(H2,15,16,17,18). The van der Waals surface area contributed by atoms with Crippen molar-refractivity contribution in [3.8, 4) is 0 Å². The van der Waals surface area contributed by atoms with Crippen LogP contribution in [0.2, 0.25) is 0 Å². The van der Waals surface area contributed by atoms with Gasteiger partial charge < -0.3 is 15.7 Å². The molecule has 0 unspecified atom stereocenters. The Morgan fingerprint density at radius 1 is 1.05 bits per heavy atom. The van der Waals surface area contributed by atoms with Gasteiger partial charge in [0.25, 0.3) is 0 Å². The van der Waals surface area contributed by atoms with Crippen molar-refractivity contribution < 1.29 is 5.11 Å². The molecule has 0 saturated carbocycles. The van der Waals surface area contributed by atoms with E-state index >= 15 is 0 Å². The van der Waals surface area contributed by atoms with E-state index in [0.29, 0.717) is 12.4 Å². The highest BCUT2D eigenvalue weighted by Crippen LogP contribution is 2.12. The summed E-state index contributed by atoms with van der Waals surface area (Å²) in [7, 11) is 0. The van der Waals surface area contributed by atoms with Crippen molar-refractivity contribution in [3.05, 3.63) is 47.8 Å². The fraction of sp³-hybridized carbons (Fsp3) is 0.286. The molecule has 0 aliphatic rings. The molecule has 2 rings (SSSR count). The topological polar surface area (TPSA) is 70.1 Å². The molecule has 0 aliphatic carbocycles. The monoisotopic (exact) mass is 258 g/mol. The smallest absolute Gasteiger partial charge is 0.132 e. The van der Waals surface area contributed by atoms with Crippen LogP contribution >= 0.6 is 0 Å². The van der Waals surface area contributed by atoms with Gasteiger partial charge in [-0.05, 0) is 12.5 Å². The second-order valence-corrected chi connectivity index (χ2v) is 4.18. The van der Waals surface area contributed by atoms with Gasteiger partial charge in [0.15, 0.2) is 0 Å². The maximum Gasteiger partial charge on any atom is 0.132 e. The summed E-state index contributed by atoms with van der Waals surface area (Å²) >= 11 is 0. The zero-order valence-electron chi connectivity index (χ0n) is 10.9. The summed E-state index contributed by atoms with van der Waals surface area (Å²) < 4.78 is 0. The predicted octanol–water partition coefficient (Wildman–Crippen LogP) is 1.80. The Balaban J connectivity index is 2.01. The maximum absolute atomic E-state index is 8.80. The van der Waals surface area contributed by atoms with Crippen LogP contribution in [0.4, 0.5) is 11.6 Å². The van der Waals surface area contributed by atoms with Gasteiger partial charge in [-0.3, -0.25) is 0 Å². The van der Waals surface area contributed by atoms with Crippen molar-refractivity contribution in [2.24, 2.45) is 0 Å². The number of anilines is 2. The summed E-state index contributed by atoms with van der Waals surface area (Å²) in [6.45, 7) is 3.12. The number of nitrogens with zero attached hydrogens (tertiary/aromatic N) is 2. The quantitative estimate of drug-likeness (QED) is 0.737. The van der Waals surface area contributed by atoms with Crippen LogP contribution in [0.3, 0.4) is 0 Å². The molecule has 5 heteroatoms. The second-order valence-electron chi connectivity index (χ2n) is 4.18. The van der Waals surface area contributed by atoms with Gasteiger partial charge in [-0.2, -0.15) is 0 Å². The van der Waals surface area contributed by atoms with Crippen LogP contribution in [-0.4, -0.2) is 28.2 Å². The van der Waals surface area contributed by atoms with E-state index in [9.17, 15) is 0 Å². The van der Waals surface area contributed by atoms with Crippen LogP contribution in [-0.2, 0) is 6.54 Å². The number of rotatable bonds is 6. The average Bonchev–Trinajstić information content (AvgIpc) is 2.43. The number of aliphatic hydroxyl groups is 1. The van der Waals surface area contributed by atoms with Gasteiger partial charge in [0.1, 0.15) is 17.5 Å². The number of aliphatic hydroxyl groups excluding tert-OH is 1. The van der Waals surface area contributed by atoms with Crippen LogP contribution in [0.25, 0.3) is 0 Å². The first-order chi connectivity index (χ1) is 9.28.